The zero-order valence-corrected chi connectivity index (χ0v) is 14.5. The molecule has 1 unspecified atom stereocenters. The lowest BCUT2D eigenvalue weighted by Crippen LogP contribution is -2.27. The average molecular weight is 344 g/mol. The number of nitrogens with one attached hydrogen (secondary N) is 1. The lowest BCUT2D eigenvalue weighted by Gasteiger charge is -2.15. The van der Waals surface area contributed by atoms with Gasteiger partial charge in [0.1, 0.15) is 11.3 Å². The number of furan rings is 1. The molecule has 0 bridgehead atoms. The van der Waals surface area contributed by atoms with E-state index in [1.165, 1.54) is 0 Å². The van der Waals surface area contributed by atoms with Crippen LogP contribution in [0.5, 0.6) is 5.75 Å². The third-order valence-electron chi connectivity index (χ3n) is 4.07. The maximum atomic E-state index is 12.6. The van der Waals surface area contributed by atoms with Crippen molar-refractivity contribution in [3.63, 3.8) is 0 Å². The smallest absolute Gasteiger partial charge is 0.287 e. The van der Waals surface area contributed by atoms with Gasteiger partial charge in [0, 0.05) is 16.0 Å². The van der Waals surface area contributed by atoms with E-state index in [-0.39, 0.29) is 11.9 Å². The maximum Gasteiger partial charge on any atom is 0.287 e. The molecule has 0 fully saturated rings. The van der Waals surface area contributed by atoms with E-state index in [2.05, 4.69) is 5.32 Å². The van der Waals surface area contributed by atoms with Crippen molar-refractivity contribution in [2.45, 2.75) is 19.9 Å². The van der Waals surface area contributed by atoms with Crippen LogP contribution in [0.3, 0.4) is 0 Å². The van der Waals surface area contributed by atoms with E-state index in [4.69, 9.17) is 20.8 Å². The Labute approximate surface area is 145 Å². The fourth-order valence-corrected chi connectivity index (χ4v) is 3.01. The zero-order chi connectivity index (χ0) is 17.3. The standard InChI is InChI=1S/C19H18ClNO3/c1-11-15-10-13(23-3)8-9-17(15)24-18(11)19(22)21-12(2)14-6-4-5-7-16(14)20/h4-10,12H,1-3H3,(H,21,22). The molecule has 0 spiro atoms. The summed E-state index contributed by atoms with van der Waals surface area (Å²) in [6.45, 7) is 3.75. The minimum Gasteiger partial charge on any atom is -0.497 e. The molecule has 3 rings (SSSR count). The first kappa shape index (κ1) is 16.4. The van der Waals surface area contributed by atoms with Crippen molar-refractivity contribution in [3.05, 3.63) is 64.4 Å². The highest BCUT2D eigenvalue weighted by atomic mass is 35.5. The van der Waals surface area contributed by atoms with Crippen LogP contribution in [0.1, 0.15) is 34.6 Å². The first-order chi connectivity index (χ1) is 11.5. The Morgan fingerprint density at radius 1 is 1.25 bits per heavy atom. The first-order valence-corrected chi connectivity index (χ1v) is 8.01. The number of carbonyl (C=O) groups excluding carboxylic acids is 1. The summed E-state index contributed by atoms with van der Waals surface area (Å²) in [5, 5.41) is 4.42. The number of carbonyl (C=O) groups is 1. The number of rotatable bonds is 4. The fourth-order valence-electron chi connectivity index (χ4n) is 2.71. The summed E-state index contributed by atoms with van der Waals surface area (Å²) in [5.74, 6) is 0.759. The maximum absolute atomic E-state index is 12.6. The second kappa shape index (κ2) is 6.57. The second-order valence-electron chi connectivity index (χ2n) is 5.63. The van der Waals surface area contributed by atoms with Gasteiger partial charge in [0.05, 0.1) is 13.2 Å². The quantitative estimate of drug-likeness (QED) is 0.733. The molecular weight excluding hydrogens is 326 g/mol. The third kappa shape index (κ3) is 2.97. The predicted molar refractivity (Wildman–Crippen MR) is 94.8 cm³/mol. The molecule has 0 aliphatic heterocycles. The van der Waals surface area contributed by atoms with Crippen LogP contribution in [-0.4, -0.2) is 13.0 Å². The SMILES string of the molecule is COc1ccc2oc(C(=O)NC(C)c3ccccc3Cl)c(C)c2c1. The lowest BCUT2D eigenvalue weighted by atomic mass is 10.1. The number of amides is 1. The van der Waals surface area contributed by atoms with Crippen LogP contribution in [-0.2, 0) is 0 Å². The molecule has 24 heavy (non-hydrogen) atoms. The van der Waals surface area contributed by atoms with Crippen LogP contribution in [0.15, 0.2) is 46.9 Å². The number of aryl methyl sites for hydroxylation is 1. The molecule has 3 aromatic rings. The number of ether oxygens (including phenoxy) is 1. The van der Waals surface area contributed by atoms with Crippen molar-refractivity contribution in [1.29, 1.82) is 0 Å². The molecule has 0 radical (unpaired) electrons. The fraction of sp³-hybridized carbons (Fsp3) is 0.211. The molecule has 1 atom stereocenters. The largest absolute Gasteiger partial charge is 0.497 e. The predicted octanol–water partition coefficient (Wildman–Crippen LogP) is 4.89. The van der Waals surface area contributed by atoms with E-state index in [1.54, 1.807) is 25.3 Å². The minimum absolute atomic E-state index is 0.228. The Balaban J connectivity index is 1.89. The number of hydrogen-bond donors (Lipinski definition) is 1. The third-order valence-corrected chi connectivity index (χ3v) is 4.41. The van der Waals surface area contributed by atoms with E-state index in [9.17, 15) is 4.79 Å². The van der Waals surface area contributed by atoms with Crippen LogP contribution in [0.4, 0.5) is 0 Å². The zero-order valence-electron chi connectivity index (χ0n) is 13.7. The molecule has 4 nitrogen and oxygen atoms in total. The summed E-state index contributed by atoms with van der Waals surface area (Å²) in [5.41, 5.74) is 2.31. The molecule has 0 aliphatic carbocycles. The Hall–Kier alpha value is -2.46. The number of hydrogen-bond acceptors (Lipinski definition) is 3. The number of benzene rings is 2. The van der Waals surface area contributed by atoms with Crippen molar-refractivity contribution in [1.82, 2.24) is 5.32 Å². The molecule has 1 heterocycles. The van der Waals surface area contributed by atoms with E-state index < -0.39 is 0 Å². The summed E-state index contributed by atoms with van der Waals surface area (Å²) in [7, 11) is 1.61. The van der Waals surface area contributed by atoms with E-state index >= 15 is 0 Å². The van der Waals surface area contributed by atoms with Crippen molar-refractivity contribution in [2.75, 3.05) is 7.11 Å². The van der Waals surface area contributed by atoms with Gasteiger partial charge in [-0.05, 0) is 43.7 Å². The normalized spacial score (nSPS) is 12.2. The van der Waals surface area contributed by atoms with Gasteiger partial charge in [-0.15, -0.1) is 0 Å². The van der Waals surface area contributed by atoms with Gasteiger partial charge in [-0.3, -0.25) is 4.79 Å². The van der Waals surface area contributed by atoms with E-state index in [0.717, 1.165) is 22.3 Å². The Kier molecular flexibility index (Phi) is 4.49. The van der Waals surface area contributed by atoms with Gasteiger partial charge < -0.3 is 14.5 Å². The molecule has 5 heteroatoms. The highest BCUT2D eigenvalue weighted by Crippen LogP contribution is 2.29. The number of methoxy groups -OCH3 is 1. The number of fused-ring (bicyclic) bond motifs is 1. The summed E-state index contributed by atoms with van der Waals surface area (Å²) < 4.78 is 11.0. The van der Waals surface area contributed by atoms with Gasteiger partial charge in [-0.2, -0.15) is 0 Å². The monoisotopic (exact) mass is 343 g/mol. The molecule has 1 N–H and O–H groups in total. The molecular formula is C19H18ClNO3. The van der Waals surface area contributed by atoms with Gasteiger partial charge in [0.25, 0.3) is 5.91 Å². The van der Waals surface area contributed by atoms with Crippen LogP contribution >= 0.6 is 11.6 Å². The summed E-state index contributed by atoms with van der Waals surface area (Å²) in [6, 6.07) is 12.7. The lowest BCUT2D eigenvalue weighted by molar-refractivity contribution is 0.0913. The van der Waals surface area contributed by atoms with Crippen LogP contribution in [0.2, 0.25) is 5.02 Å². The van der Waals surface area contributed by atoms with Crippen LogP contribution in [0.25, 0.3) is 11.0 Å². The second-order valence-corrected chi connectivity index (χ2v) is 6.04. The Morgan fingerprint density at radius 2 is 2.00 bits per heavy atom. The van der Waals surface area contributed by atoms with Gasteiger partial charge in [0.15, 0.2) is 5.76 Å². The first-order valence-electron chi connectivity index (χ1n) is 7.63. The molecule has 1 aromatic heterocycles. The average Bonchev–Trinajstić information content (AvgIpc) is 2.91. The van der Waals surface area contributed by atoms with Crippen molar-refractivity contribution >= 4 is 28.5 Å². The van der Waals surface area contributed by atoms with Gasteiger partial charge in [-0.1, -0.05) is 29.8 Å². The highest BCUT2D eigenvalue weighted by Gasteiger charge is 2.20. The van der Waals surface area contributed by atoms with Crippen LogP contribution in [0, 0.1) is 6.92 Å². The summed E-state index contributed by atoms with van der Waals surface area (Å²) in [4.78, 5) is 12.6. The summed E-state index contributed by atoms with van der Waals surface area (Å²) >= 11 is 6.19. The van der Waals surface area contributed by atoms with Crippen molar-refractivity contribution in [2.24, 2.45) is 0 Å². The Morgan fingerprint density at radius 3 is 2.71 bits per heavy atom. The molecule has 1 amide bonds. The Bertz CT molecular complexity index is 901. The number of halogens is 1. The van der Waals surface area contributed by atoms with Gasteiger partial charge in [0.2, 0.25) is 0 Å². The topological polar surface area (TPSA) is 51.5 Å². The van der Waals surface area contributed by atoms with E-state index in [0.29, 0.717) is 16.4 Å². The van der Waals surface area contributed by atoms with Gasteiger partial charge in [-0.25, -0.2) is 0 Å². The van der Waals surface area contributed by atoms with Gasteiger partial charge >= 0.3 is 0 Å². The molecule has 2 aromatic carbocycles. The minimum atomic E-state index is -0.268. The highest BCUT2D eigenvalue weighted by molar-refractivity contribution is 6.31. The molecule has 0 aliphatic rings. The van der Waals surface area contributed by atoms with Crippen LogP contribution < -0.4 is 10.1 Å². The summed E-state index contributed by atoms with van der Waals surface area (Å²) in [6.07, 6.45) is 0. The molecule has 0 saturated carbocycles. The molecule has 0 saturated heterocycles. The van der Waals surface area contributed by atoms with Crippen molar-refractivity contribution in [3.8, 4) is 5.75 Å². The molecule has 124 valence electrons. The van der Waals surface area contributed by atoms with Crippen molar-refractivity contribution < 1.29 is 13.9 Å². The van der Waals surface area contributed by atoms with E-state index in [1.807, 2.05) is 38.1 Å².